The third-order valence-electron chi connectivity index (χ3n) is 1.76. The molecule has 0 aliphatic rings. The summed E-state index contributed by atoms with van der Waals surface area (Å²) in [6, 6.07) is 6.99. The van der Waals surface area contributed by atoms with Crippen LogP contribution in [0.25, 0.3) is 0 Å². The van der Waals surface area contributed by atoms with Gasteiger partial charge in [0.25, 0.3) is 0 Å². The van der Waals surface area contributed by atoms with Crippen LogP contribution < -0.4 is 4.74 Å². The normalized spacial score (nSPS) is 9.50. The Morgan fingerprint density at radius 2 is 2.07 bits per heavy atom. The molecule has 0 fully saturated rings. The molecule has 0 radical (unpaired) electrons. The van der Waals surface area contributed by atoms with Gasteiger partial charge in [0.1, 0.15) is 5.75 Å². The second kappa shape index (κ2) is 5.19. The van der Waals surface area contributed by atoms with Crippen LogP contribution in [0, 0.1) is 0 Å². The Morgan fingerprint density at radius 1 is 1.43 bits per heavy atom. The minimum absolute atomic E-state index is 0.0131. The van der Waals surface area contributed by atoms with E-state index >= 15 is 0 Å². The smallest absolute Gasteiger partial charge is 0.186 e. The molecule has 0 spiro atoms. The van der Waals surface area contributed by atoms with Crippen molar-refractivity contribution in [2.45, 2.75) is 6.42 Å². The largest absolute Gasteiger partial charge is 0.468 e. The molecule has 0 saturated heterocycles. The predicted molar refractivity (Wildman–Crippen MR) is 53.1 cm³/mol. The summed E-state index contributed by atoms with van der Waals surface area (Å²) in [5.41, 5.74) is 0.903. The summed E-state index contributed by atoms with van der Waals surface area (Å²) in [6.45, 7) is 3.05. The van der Waals surface area contributed by atoms with Gasteiger partial charge >= 0.3 is 0 Å². The van der Waals surface area contributed by atoms with Crippen LogP contribution in [0.2, 0.25) is 0 Å². The zero-order chi connectivity index (χ0) is 10.4. The monoisotopic (exact) mass is 192 g/mol. The van der Waals surface area contributed by atoms with E-state index in [0.29, 0.717) is 12.2 Å². The third-order valence-corrected chi connectivity index (χ3v) is 1.76. The van der Waals surface area contributed by atoms with Crippen LogP contribution in [0.15, 0.2) is 36.9 Å². The average molecular weight is 192 g/mol. The lowest BCUT2D eigenvalue weighted by Crippen LogP contribution is -1.98. The summed E-state index contributed by atoms with van der Waals surface area (Å²) in [5, 5.41) is 8.48. The number of aliphatic hydroxyl groups is 1. The van der Waals surface area contributed by atoms with E-state index < -0.39 is 0 Å². The second-order valence-electron chi connectivity index (χ2n) is 2.76. The van der Waals surface area contributed by atoms with Crippen molar-refractivity contribution in [1.29, 1.82) is 0 Å². The van der Waals surface area contributed by atoms with Gasteiger partial charge in [0, 0.05) is 6.42 Å². The second-order valence-corrected chi connectivity index (χ2v) is 2.76. The Hall–Kier alpha value is -1.61. The van der Waals surface area contributed by atoms with Gasteiger partial charge < -0.3 is 9.84 Å². The topological polar surface area (TPSA) is 46.5 Å². The number of carbonyl (C=O) groups is 1. The Bertz CT molecular complexity index is 314. The summed E-state index contributed by atoms with van der Waals surface area (Å²) in [4.78, 5) is 11.0. The standard InChI is InChI=1S/C11H12O3/c1-2-10(13)7-9-3-5-11(6-4-9)14-8-12/h2-6,12H,1,7-8H2. The molecule has 1 aromatic carbocycles. The highest BCUT2D eigenvalue weighted by Gasteiger charge is 1.99. The van der Waals surface area contributed by atoms with Gasteiger partial charge in [-0.05, 0) is 23.8 Å². The van der Waals surface area contributed by atoms with Gasteiger partial charge in [-0.2, -0.15) is 0 Å². The molecule has 0 unspecified atom stereocenters. The van der Waals surface area contributed by atoms with Crippen molar-refractivity contribution < 1.29 is 14.6 Å². The first-order valence-corrected chi connectivity index (χ1v) is 4.24. The van der Waals surface area contributed by atoms with Gasteiger partial charge in [-0.25, -0.2) is 0 Å². The molecule has 1 N–H and O–H groups in total. The number of allylic oxidation sites excluding steroid dienone is 1. The molecule has 0 atom stereocenters. The first-order valence-electron chi connectivity index (χ1n) is 4.24. The minimum atomic E-state index is -0.342. The zero-order valence-corrected chi connectivity index (χ0v) is 7.77. The van der Waals surface area contributed by atoms with Gasteiger partial charge in [0.15, 0.2) is 12.6 Å². The van der Waals surface area contributed by atoms with Crippen LogP contribution in [-0.4, -0.2) is 17.7 Å². The van der Waals surface area contributed by atoms with Crippen LogP contribution in [0.3, 0.4) is 0 Å². The number of carbonyl (C=O) groups excluding carboxylic acids is 1. The lowest BCUT2D eigenvalue weighted by Gasteiger charge is -2.02. The number of benzene rings is 1. The Labute approximate surface area is 82.6 Å². The average Bonchev–Trinajstić information content (AvgIpc) is 2.21. The summed E-state index contributed by atoms with van der Waals surface area (Å²) >= 11 is 0. The third kappa shape index (κ3) is 3.03. The first kappa shape index (κ1) is 10.5. The molecule has 74 valence electrons. The number of hydrogen-bond acceptors (Lipinski definition) is 3. The molecular formula is C11H12O3. The maximum atomic E-state index is 11.0. The molecule has 3 heteroatoms. The summed E-state index contributed by atoms with van der Waals surface area (Å²) in [7, 11) is 0. The lowest BCUT2D eigenvalue weighted by atomic mass is 10.1. The van der Waals surface area contributed by atoms with Crippen molar-refractivity contribution >= 4 is 5.78 Å². The number of aliphatic hydroxyl groups excluding tert-OH is 1. The van der Waals surface area contributed by atoms with Gasteiger partial charge in [0.05, 0.1) is 0 Å². The van der Waals surface area contributed by atoms with E-state index in [4.69, 9.17) is 9.84 Å². The summed E-state index contributed by atoms with van der Waals surface area (Å²) < 4.78 is 4.84. The molecule has 0 amide bonds. The number of ketones is 1. The molecule has 1 rings (SSSR count). The Balaban J connectivity index is 2.63. The van der Waals surface area contributed by atoms with Crippen molar-refractivity contribution in [2.24, 2.45) is 0 Å². The molecule has 0 saturated carbocycles. The van der Waals surface area contributed by atoms with E-state index in [1.54, 1.807) is 24.3 Å². The maximum absolute atomic E-state index is 11.0. The van der Waals surface area contributed by atoms with E-state index in [9.17, 15) is 4.79 Å². The van der Waals surface area contributed by atoms with Crippen LogP contribution in [0.5, 0.6) is 5.75 Å². The van der Waals surface area contributed by atoms with Crippen molar-refractivity contribution in [3.05, 3.63) is 42.5 Å². The van der Waals surface area contributed by atoms with E-state index in [-0.39, 0.29) is 12.6 Å². The fourth-order valence-corrected chi connectivity index (χ4v) is 1.05. The van der Waals surface area contributed by atoms with Crippen LogP contribution in [0.1, 0.15) is 5.56 Å². The van der Waals surface area contributed by atoms with Crippen molar-refractivity contribution in [2.75, 3.05) is 6.79 Å². The van der Waals surface area contributed by atoms with E-state index in [0.717, 1.165) is 5.56 Å². The SMILES string of the molecule is C=CC(=O)Cc1ccc(OCO)cc1. The lowest BCUT2D eigenvalue weighted by molar-refractivity contribution is -0.114. The maximum Gasteiger partial charge on any atom is 0.186 e. The highest BCUT2D eigenvalue weighted by molar-refractivity contribution is 5.90. The molecule has 0 aliphatic carbocycles. The number of ether oxygens (including phenoxy) is 1. The van der Waals surface area contributed by atoms with Crippen LogP contribution >= 0.6 is 0 Å². The minimum Gasteiger partial charge on any atom is -0.468 e. The quantitative estimate of drug-likeness (QED) is 0.565. The molecular weight excluding hydrogens is 180 g/mol. The highest BCUT2D eigenvalue weighted by Crippen LogP contribution is 2.12. The molecule has 3 nitrogen and oxygen atoms in total. The van der Waals surface area contributed by atoms with Crippen molar-refractivity contribution in [1.82, 2.24) is 0 Å². The van der Waals surface area contributed by atoms with Crippen LogP contribution in [-0.2, 0) is 11.2 Å². The van der Waals surface area contributed by atoms with Crippen LogP contribution in [0.4, 0.5) is 0 Å². The van der Waals surface area contributed by atoms with Crippen molar-refractivity contribution in [3.8, 4) is 5.75 Å². The number of hydrogen-bond donors (Lipinski definition) is 1. The van der Waals surface area contributed by atoms with E-state index in [1.165, 1.54) is 6.08 Å². The summed E-state index contributed by atoms with van der Waals surface area (Å²) in [6.07, 6.45) is 1.65. The molecule has 14 heavy (non-hydrogen) atoms. The molecule has 0 bridgehead atoms. The number of rotatable bonds is 5. The fraction of sp³-hybridized carbons (Fsp3) is 0.182. The Morgan fingerprint density at radius 3 is 2.57 bits per heavy atom. The zero-order valence-electron chi connectivity index (χ0n) is 7.77. The molecule has 1 aromatic rings. The van der Waals surface area contributed by atoms with E-state index in [1.807, 2.05) is 0 Å². The highest BCUT2D eigenvalue weighted by atomic mass is 16.6. The summed E-state index contributed by atoms with van der Waals surface area (Å²) in [5.74, 6) is 0.572. The van der Waals surface area contributed by atoms with Gasteiger partial charge in [-0.15, -0.1) is 0 Å². The van der Waals surface area contributed by atoms with Gasteiger partial charge in [-0.3, -0.25) is 4.79 Å². The fourth-order valence-electron chi connectivity index (χ4n) is 1.05. The molecule has 0 aliphatic heterocycles. The molecule has 0 heterocycles. The molecule has 0 aromatic heterocycles. The first-order chi connectivity index (χ1) is 6.76. The predicted octanol–water partition coefficient (Wildman–Crippen LogP) is 1.31. The van der Waals surface area contributed by atoms with Gasteiger partial charge in [0.2, 0.25) is 0 Å². The van der Waals surface area contributed by atoms with E-state index in [2.05, 4.69) is 6.58 Å². The van der Waals surface area contributed by atoms with Crippen molar-refractivity contribution in [3.63, 3.8) is 0 Å². The van der Waals surface area contributed by atoms with Gasteiger partial charge in [-0.1, -0.05) is 18.7 Å². The Kier molecular flexibility index (Phi) is 3.88.